The Balaban J connectivity index is 2.37. The molecule has 0 radical (unpaired) electrons. The minimum atomic E-state index is -1.27. The van der Waals surface area contributed by atoms with Crippen molar-refractivity contribution < 1.29 is 28.9 Å². The van der Waals surface area contributed by atoms with Crippen LogP contribution in [0, 0.1) is 20.8 Å². The van der Waals surface area contributed by atoms with E-state index in [2.05, 4.69) is 5.32 Å². The molecule has 1 atom stereocenters. The van der Waals surface area contributed by atoms with E-state index in [-0.39, 0.29) is 13.2 Å². The number of amides is 1. The van der Waals surface area contributed by atoms with Crippen molar-refractivity contribution in [3.8, 4) is 16.9 Å². The molecule has 1 aliphatic rings. The molecule has 0 unspecified atom stereocenters. The molecular formula is C26H31NO6. The summed E-state index contributed by atoms with van der Waals surface area (Å²) in [5.74, 6) is -0.651. The number of aryl methyl sites for hydroxylation is 1. The second-order valence-electron chi connectivity index (χ2n) is 9.06. The number of anilines is 1. The first-order chi connectivity index (χ1) is 15.5. The highest BCUT2D eigenvalue weighted by atomic mass is 16.5. The van der Waals surface area contributed by atoms with Crippen LogP contribution < -0.4 is 10.1 Å². The molecule has 0 aromatic heterocycles. The van der Waals surface area contributed by atoms with Gasteiger partial charge in [0.15, 0.2) is 6.10 Å². The summed E-state index contributed by atoms with van der Waals surface area (Å²) in [5, 5.41) is 12.9. The van der Waals surface area contributed by atoms with E-state index in [1.165, 1.54) is 0 Å². The van der Waals surface area contributed by atoms with Crippen LogP contribution in [0.1, 0.15) is 49.1 Å². The fourth-order valence-corrected chi connectivity index (χ4v) is 3.86. The molecule has 1 aliphatic heterocycles. The van der Waals surface area contributed by atoms with Crippen LogP contribution in [-0.4, -0.2) is 36.0 Å². The number of carbonyl (C=O) groups excluding carboxylic acids is 1. The van der Waals surface area contributed by atoms with Crippen LogP contribution in [0.3, 0.4) is 0 Å². The van der Waals surface area contributed by atoms with Gasteiger partial charge in [0.05, 0.1) is 11.3 Å². The van der Waals surface area contributed by atoms with Crippen LogP contribution >= 0.6 is 0 Å². The van der Waals surface area contributed by atoms with Gasteiger partial charge >= 0.3 is 12.1 Å². The molecule has 0 saturated heterocycles. The molecule has 1 amide bonds. The number of benzene rings is 2. The molecule has 0 saturated carbocycles. The van der Waals surface area contributed by atoms with Gasteiger partial charge < -0.3 is 19.3 Å². The van der Waals surface area contributed by atoms with Crippen LogP contribution in [-0.2, 0) is 14.3 Å². The number of ether oxygens (including phenoxy) is 3. The quantitative estimate of drug-likeness (QED) is 0.575. The lowest BCUT2D eigenvalue weighted by atomic mass is 9.86. The van der Waals surface area contributed by atoms with E-state index < -0.39 is 23.8 Å². The zero-order valence-corrected chi connectivity index (χ0v) is 19.9. The number of cyclic esters (lactones) is 1. The van der Waals surface area contributed by atoms with Gasteiger partial charge in [-0.05, 0) is 70.4 Å². The molecule has 2 aromatic carbocycles. The average molecular weight is 454 g/mol. The topological polar surface area (TPSA) is 94.1 Å². The summed E-state index contributed by atoms with van der Waals surface area (Å²) >= 11 is 0. The Bertz CT molecular complexity index is 1080. The molecule has 33 heavy (non-hydrogen) atoms. The number of fused-ring (bicyclic) bond motifs is 1. The van der Waals surface area contributed by atoms with E-state index in [1.54, 1.807) is 19.1 Å². The van der Waals surface area contributed by atoms with Crippen molar-refractivity contribution in [1.82, 2.24) is 0 Å². The summed E-state index contributed by atoms with van der Waals surface area (Å²) in [4.78, 5) is 24.9. The first-order valence-corrected chi connectivity index (χ1v) is 10.9. The molecule has 0 spiro atoms. The average Bonchev–Trinajstić information content (AvgIpc) is 2.73. The lowest BCUT2D eigenvalue weighted by Crippen LogP contribution is -2.29. The molecule has 2 aromatic rings. The lowest BCUT2D eigenvalue weighted by Gasteiger charge is -2.30. The number of rotatable bonds is 4. The normalized spacial score (nSPS) is 15.0. The standard InChI is InChI=1S/C26H31NO6/c1-15-9-11-18(12-10-15)19-17(3)22-21(27-25(30)32-14-8-7-13-31-22)16(2)20(19)23(24(28)29)33-26(4,5)6/h7-12,23H,13-14H2,1-6H3,(H,27,30)(H,28,29)/t23-/m0/s1. The predicted molar refractivity (Wildman–Crippen MR) is 127 cm³/mol. The molecule has 7 nitrogen and oxygen atoms in total. The van der Waals surface area contributed by atoms with Gasteiger partial charge in [-0.3, -0.25) is 5.32 Å². The van der Waals surface area contributed by atoms with E-state index in [9.17, 15) is 14.7 Å². The molecule has 176 valence electrons. The molecule has 7 heteroatoms. The van der Waals surface area contributed by atoms with Crippen LogP contribution in [0.2, 0.25) is 0 Å². The van der Waals surface area contributed by atoms with E-state index >= 15 is 0 Å². The van der Waals surface area contributed by atoms with Gasteiger partial charge in [0.1, 0.15) is 19.0 Å². The molecular weight excluding hydrogens is 422 g/mol. The minimum absolute atomic E-state index is 0.113. The zero-order chi connectivity index (χ0) is 24.3. The van der Waals surface area contributed by atoms with Gasteiger partial charge in [-0.25, -0.2) is 9.59 Å². The van der Waals surface area contributed by atoms with Gasteiger partial charge in [-0.15, -0.1) is 0 Å². The molecule has 2 N–H and O–H groups in total. The predicted octanol–water partition coefficient (Wildman–Crippen LogP) is 5.72. The second-order valence-corrected chi connectivity index (χ2v) is 9.06. The number of aliphatic carboxylic acids is 1. The van der Waals surface area contributed by atoms with Crippen molar-refractivity contribution in [2.45, 2.75) is 53.2 Å². The van der Waals surface area contributed by atoms with Gasteiger partial charge in [0.2, 0.25) is 0 Å². The number of carboxylic acid groups (broad SMARTS) is 1. The molecule has 1 heterocycles. The fraction of sp³-hybridized carbons (Fsp3) is 0.385. The third-order valence-corrected chi connectivity index (χ3v) is 5.32. The summed E-state index contributed by atoms with van der Waals surface area (Å²) in [6.45, 7) is 11.4. The lowest BCUT2D eigenvalue weighted by molar-refractivity contribution is -0.160. The summed E-state index contributed by atoms with van der Waals surface area (Å²) in [6.07, 6.45) is 1.57. The highest BCUT2D eigenvalue weighted by Gasteiger charge is 2.34. The summed E-state index contributed by atoms with van der Waals surface area (Å²) in [7, 11) is 0. The number of hydrogen-bond donors (Lipinski definition) is 2. The van der Waals surface area contributed by atoms with Crippen molar-refractivity contribution in [2.24, 2.45) is 0 Å². The van der Waals surface area contributed by atoms with Crippen LogP contribution in [0.15, 0.2) is 36.4 Å². The van der Waals surface area contributed by atoms with Gasteiger partial charge in [0.25, 0.3) is 0 Å². The van der Waals surface area contributed by atoms with E-state index in [1.807, 2.05) is 58.9 Å². The van der Waals surface area contributed by atoms with Crippen LogP contribution in [0.25, 0.3) is 11.1 Å². The molecule has 0 fully saturated rings. The second kappa shape index (κ2) is 9.67. The Morgan fingerprint density at radius 1 is 1.03 bits per heavy atom. The first kappa shape index (κ1) is 24.3. The van der Waals surface area contributed by atoms with Crippen molar-refractivity contribution in [1.29, 1.82) is 0 Å². The Morgan fingerprint density at radius 2 is 1.64 bits per heavy atom. The van der Waals surface area contributed by atoms with Crippen molar-refractivity contribution >= 4 is 17.7 Å². The summed E-state index contributed by atoms with van der Waals surface area (Å²) < 4.78 is 17.3. The van der Waals surface area contributed by atoms with Gasteiger partial charge in [-0.2, -0.15) is 0 Å². The Labute approximate surface area is 194 Å². The van der Waals surface area contributed by atoms with Gasteiger partial charge in [0, 0.05) is 11.1 Å². The maximum Gasteiger partial charge on any atom is 0.412 e. The summed E-state index contributed by atoms with van der Waals surface area (Å²) in [5.41, 5.74) is 4.00. The molecule has 0 bridgehead atoms. The fourth-order valence-electron chi connectivity index (χ4n) is 3.86. The molecule has 0 aliphatic carbocycles. The first-order valence-electron chi connectivity index (χ1n) is 10.9. The van der Waals surface area contributed by atoms with E-state index in [0.717, 1.165) is 11.1 Å². The Hall–Kier alpha value is -3.32. The number of carboxylic acids is 1. The smallest absolute Gasteiger partial charge is 0.412 e. The molecule has 3 rings (SSSR count). The zero-order valence-electron chi connectivity index (χ0n) is 19.9. The van der Waals surface area contributed by atoms with Crippen molar-refractivity contribution in [3.63, 3.8) is 0 Å². The number of hydrogen-bond acceptors (Lipinski definition) is 5. The van der Waals surface area contributed by atoms with Crippen molar-refractivity contribution in [2.75, 3.05) is 18.5 Å². The highest BCUT2D eigenvalue weighted by Crippen LogP contribution is 2.46. The Kier molecular flexibility index (Phi) is 7.12. The Morgan fingerprint density at radius 3 is 2.21 bits per heavy atom. The largest absolute Gasteiger partial charge is 0.487 e. The van der Waals surface area contributed by atoms with Crippen molar-refractivity contribution in [3.05, 3.63) is 58.7 Å². The number of carbonyl (C=O) groups is 2. The van der Waals surface area contributed by atoms with E-state index in [0.29, 0.717) is 33.7 Å². The highest BCUT2D eigenvalue weighted by molar-refractivity contribution is 5.94. The third-order valence-electron chi connectivity index (χ3n) is 5.32. The van der Waals surface area contributed by atoms with E-state index in [4.69, 9.17) is 14.2 Å². The maximum absolute atomic E-state index is 12.5. The number of nitrogens with one attached hydrogen (secondary N) is 1. The van der Waals surface area contributed by atoms with Crippen LogP contribution in [0.4, 0.5) is 10.5 Å². The summed E-state index contributed by atoms with van der Waals surface area (Å²) in [6, 6.07) is 7.84. The monoisotopic (exact) mass is 453 g/mol. The van der Waals surface area contributed by atoms with Crippen LogP contribution in [0.5, 0.6) is 5.75 Å². The van der Waals surface area contributed by atoms with Gasteiger partial charge in [-0.1, -0.05) is 29.8 Å². The minimum Gasteiger partial charge on any atom is -0.487 e. The SMILES string of the molecule is Cc1ccc(-c2c(C)c3c(c(C)c2[C@H](OC(C)(C)C)C(=O)O)NC(=O)OCC=CCO3)cc1. The third kappa shape index (κ3) is 5.54. The maximum atomic E-state index is 12.5.